The molecule has 0 amide bonds. The van der Waals surface area contributed by atoms with Crippen LogP contribution in [-0.2, 0) is 0 Å². The molecular weight excluding hydrogens is 344 g/mol. The van der Waals surface area contributed by atoms with E-state index in [2.05, 4.69) is 67.8 Å². The van der Waals surface area contributed by atoms with Crippen molar-refractivity contribution in [2.45, 2.75) is 45.6 Å². The van der Waals surface area contributed by atoms with E-state index in [1.165, 1.54) is 16.8 Å². The van der Waals surface area contributed by atoms with Gasteiger partial charge in [-0.25, -0.2) is 4.98 Å². The zero-order valence-corrected chi connectivity index (χ0v) is 17.2. The van der Waals surface area contributed by atoms with Gasteiger partial charge in [-0.3, -0.25) is 0 Å². The fourth-order valence-electron chi connectivity index (χ4n) is 4.28. The molecule has 0 saturated heterocycles. The molecule has 0 fully saturated rings. The van der Waals surface area contributed by atoms with Gasteiger partial charge in [0.1, 0.15) is 11.9 Å². The Morgan fingerprint density at radius 3 is 2.79 bits per heavy atom. The van der Waals surface area contributed by atoms with E-state index in [1.54, 1.807) is 0 Å². The summed E-state index contributed by atoms with van der Waals surface area (Å²) < 4.78 is 0. The molecule has 1 atom stereocenters. The highest BCUT2D eigenvalue weighted by Crippen LogP contribution is 2.43. The molecule has 28 heavy (non-hydrogen) atoms. The smallest absolute Gasteiger partial charge is 0.149 e. The number of H-pyrrole nitrogens is 1. The van der Waals surface area contributed by atoms with Crippen molar-refractivity contribution in [3.05, 3.63) is 58.9 Å². The maximum Gasteiger partial charge on any atom is 0.149 e. The van der Waals surface area contributed by atoms with Crippen molar-refractivity contribution in [2.75, 3.05) is 11.9 Å². The van der Waals surface area contributed by atoms with E-state index in [0.717, 1.165) is 23.0 Å². The Balaban J connectivity index is 1.81. The molecule has 4 rings (SSSR count). The second-order valence-corrected chi connectivity index (χ2v) is 8.52. The predicted molar refractivity (Wildman–Crippen MR) is 116 cm³/mol. The van der Waals surface area contributed by atoms with E-state index < -0.39 is 0 Å². The van der Waals surface area contributed by atoms with Gasteiger partial charge in [0.2, 0.25) is 0 Å². The Hall–Kier alpha value is -3.06. The number of aromatic amines is 1. The number of imidazole rings is 1. The Morgan fingerprint density at radius 1 is 1.32 bits per heavy atom. The topological polar surface area (TPSA) is 55.7 Å². The molecule has 0 radical (unpaired) electrons. The number of hydrogen-bond donors (Lipinski definition) is 1. The standard InChI is InChI=1S/C24H26N4/c1-15-10-22-19(16(2)13-24(3,4)28(22)5)12-17(15)11-18(14-25)23-26-20-8-6-7-9-21(20)27-23/h6-12,16H,13H2,1-5H3,(H,26,27)/b18-11+. The van der Waals surface area contributed by atoms with Crippen LogP contribution in [0.3, 0.4) is 0 Å². The van der Waals surface area contributed by atoms with E-state index in [0.29, 0.717) is 17.3 Å². The van der Waals surface area contributed by atoms with Crippen LogP contribution in [-0.4, -0.2) is 22.6 Å². The lowest BCUT2D eigenvalue weighted by atomic mass is 9.79. The van der Waals surface area contributed by atoms with Crippen molar-refractivity contribution in [3.8, 4) is 6.07 Å². The van der Waals surface area contributed by atoms with E-state index in [1.807, 2.05) is 30.3 Å². The zero-order valence-electron chi connectivity index (χ0n) is 17.2. The lowest BCUT2D eigenvalue weighted by molar-refractivity contribution is 0.395. The van der Waals surface area contributed by atoms with Gasteiger partial charge in [-0.2, -0.15) is 5.26 Å². The summed E-state index contributed by atoms with van der Waals surface area (Å²) in [6.07, 6.45) is 3.07. The highest BCUT2D eigenvalue weighted by molar-refractivity contribution is 5.91. The fourth-order valence-corrected chi connectivity index (χ4v) is 4.28. The lowest BCUT2D eigenvalue weighted by Crippen LogP contribution is -2.45. The van der Waals surface area contributed by atoms with Crippen LogP contribution in [0.5, 0.6) is 0 Å². The first kappa shape index (κ1) is 18.3. The van der Waals surface area contributed by atoms with E-state index in [-0.39, 0.29) is 5.54 Å². The summed E-state index contributed by atoms with van der Waals surface area (Å²) in [7, 11) is 2.18. The van der Waals surface area contributed by atoms with Crippen LogP contribution in [0.2, 0.25) is 0 Å². The Kier molecular flexibility index (Phi) is 4.27. The number of benzene rings is 2. The molecule has 2 heterocycles. The first-order valence-corrected chi connectivity index (χ1v) is 9.75. The van der Waals surface area contributed by atoms with Crippen molar-refractivity contribution >= 4 is 28.4 Å². The van der Waals surface area contributed by atoms with Gasteiger partial charge < -0.3 is 9.88 Å². The van der Waals surface area contributed by atoms with Crippen molar-refractivity contribution in [1.29, 1.82) is 5.26 Å². The SMILES string of the molecule is Cc1cc2c(cc1/C=C(\C#N)c1nc3ccccc3[nH]1)C(C)CC(C)(C)N2C. The van der Waals surface area contributed by atoms with Crippen LogP contribution in [0.25, 0.3) is 22.7 Å². The Morgan fingerprint density at radius 2 is 2.07 bits per heavy atom. The number of nitriles is 1. The van der Waals surface area contributed by atoms with Gasteiger partial charge in [-0.15, -0.1) is 0 Å². The maximum atomic E-state index is 9.77. The molecule has 0 saturated carbocycles. The number of aromatic nitrogens is 2. The molecule has 3 aromatic rings. The molecule has 1 aliphatic rings. The molecule has 1 unspecified atom stereocenters. The summed E-state index contributed by atoms with van der Waals surface area (Å²) in [4.78, 5) is 10.2. The molecule has 0 aliphatic carbocycles. The molecule has 0 spiro atoms. The summed E-state index contributed by atoms with van der Waals surface area (Å²) in [5.74, 6) is 1.10. The quantitative estimate of drug-likeness (QED) is 0.592. The number of hydrogen-bond acceptors (Lipinski definition) is 3. The van der Waals surface area contributed by atoms with Crippen molar-refractivity contribution in [3.63, 3.8) is 0 Å². The van der Waals surface area contributed by atoms with Crippen LogP contribution in [0.4, 0.5) is 5.69 Å². The molecular formula is C24H26N4. The third-order valence-electron chi connectivity index (χ3n) is 6.09. The number of rotatable bonds is 2. The molecule has 1 aromatic heterocycles. The highest BCUT2D eigenvalue weighted by Gasteiger charge is 2.34. The monoisotopic (exact) mass is 370 g/mol. The number of anilines is 1. The van der Waals surface area contributed by atoms with Crippen LogP contribution in [0.1, 0.15) is 55.6 Å². The number of nitrogens with one attached hydrogen (secondary N) is 1. The number of nitrogens with zero attached hydrogens (tertiary/aromatic N) is 3. The lowest BCUT2D eigenvalue weighted by Gasteiger charge is -2.45. The second kappa shape index (κ2) is 6.53. The molecule has 0 bridgehead atoms. The van der Waals surface area contributed by atoms with Crippen LogP contribution >= 0.6 is 0 Å². The van der Waals surface area contributed by atoms with Gasteiger partial charge in [0.15, 0.2) is 0 Å². The van der Waals surface area contributed by atoms with E-state index in [9.17, 15) is 5.26 Å². The summed E-state index contributed by atoms with van der Waals surface area (Å²) in [6, 6.07) is 14.7. The van der Waals surface area contributed by atoms with Crippen molar-refractivity contribution < 1.29 is 0 Å². The Bertz CT molecular complexity index is 1090. The number of fused-ring (bicyclic) bond motifs is 2. The molecule has 142 valence electrons. The van der Waals surface area contributed by atoms with Gasteiger partial charge >= 0.3 is 0 Å². The summed E-state index contributed by atoms with van der Waals surface area (Å²) >= 11 is 0. The molecule has 4 heteroatoms. The second-order valence-electron chi connectivity index (χ2n) is 8.52. The van der Waals surface area contributed by atoms with Crippen LogP contribution in [0, 0.1) is 18.3 Å². The minimum Gasteiger partial charge on any atom is -0.369 e. The third kappa shape index (κ3) is 2.97. The predicted octanol–water partition coefficient (Wildman–Crippen LogP) is 5.66. The number of allylic oxidation sites excluding steroid dienone is 1. The van der Waals surface area contributed by atoms with Crippen molar-refractivity contribution in [1.82, 2.24) is 9.97 Å². The van der Waals surface area contributed by atoms with E-state index in [4.69, 9.17) is 0 Å². The highest BCUT2D eigenvalue weighted by atomic mass is 15.2. The summed E-state index contributed by atoms with van der Waals surface area (Å²) in [5.41, 5.74) is 7.40. The number of para-hydroxylation sites is 2. The molecule has 2 aromatic carbocycles. The largest absolute Gasteiger partial charge is 0.369 e. The normalized spacial score (nSPS) is 18.8. The zero-order chi connectivity index (χ0) is 20.1. The maximum absolute atomic E-state index is 9.77. The van der Waals surface area contributed by atoms with Gasteiger partial charge in [0, 0.05) is 18.3 Å². The number of aryl methyl sites for hydroxylation is 1. The fraction of sp³-hybridized carbons (Fsp3) is 0.333. The first-order chi connectivity index (χ1) is 13.3. The summed E-state index contributed by atoms with van der Waals surface area (Å²) in [5, 5.41) is 9.77. The van der Waals surface area contributed by atoms with E-state index >= 15 is 0 Å². The first-order valence-electron chi connectivity index (χ1n) is 9.75. The third-order valence-corrected chi connectivity index (χ3v) is 6.09. The molecule has 1 aliphatic heterocycles. The minimum absolute atomic E-state index is 0.141. The average Bonchev–Trinajstić information content (AvgIpc) is 3.08. The molecule has 4 nitrogen and oxygen atoms in total. The van der Waals surface area contributed by atoms with Gasteiger partial charge in [0.25, 0.3) is 0 Å². The van der Waals surface area contributed by atoms with Crippen LogP contribution < -0.4 is 4.90 Å². The molecule has 1 N–H and O–H groups in total. The van der Waals surface area contributed by atoms with Crippen molar-refractivity contribution in [2.24, 2.45) is 0 Å². The average molecular weight is 371 g/mol. The van der Waals surface area contributed by atoms with Gasteiger partial charge in [0.05, 0.1) is 16.6 Å². The van der Waals surface area contributed by atoms with Crippen LogP contribution in [0.15, 0.2) is 36.4 Å². The van der Waals surface area contributed by atoms with Gasteiger partial charge in [-0.05, 0) is 80.1 Å². The Labute approximate surface area is 166 Å². The minimum atomic E-state index is 0.141. The van der Waals surface area contributed by atoms with Gasteiger partial charge in [-0.1, -0.05) is 19.1 Å². The summed E-state index contributed by atoms with van der Waals surface area (Å²) in [6.45, 7) is 9.00.